The van der Waals surface area contributed by atoms with E-state index in [1.807, 2.05) is 41.3 Å². The minimum Gasteiger partial charge on any atom is -0.379 e. The standard InChI is InChI=1S/C32H35N7O2S/c40-31-29(16-13-24-7-2-1-3-8-24)39(32(42)38(31)18-6-17-37-19-21-41-22-20-37)23-25-11-14-26(15-12-25)27-9-4-5-10-28(27)30-33-35-36-34-30/h1-5,7-12,14-15,29H,6,13,16-23H2,(H,33,34,35,36)/t29-/m0/s1. The van der Waals surface area contributed by atoms with Gasteiger partial charge in [0.1, 0.15) is 6.04 Å². The van der Waals surface area contributed by atoms with E-state index in [1.165, 1.54) is 5.56 Å². The van der Waals surface area contributed by atoms with Gasteiger partial charge in [0.2, 0.25) is 5.82 Å². The highest BCUT2D eigenvalue weighted by Gasteiger charge is 2.41. The summed E-state index contributed by atoms with van der Waals surface area (Å²) in [6.07, 6.45) is 2.43. The highest BCUT2D eigenvalue weighted by atomic mass is 32.1. The third-order valence-corrected chi connectivity index (χ3v) is 8.50. The van der Waals surface area contributed by atoms with E-state index in [9.17, 15) is 4.79 Å². The van der Waals surface area contributed by atoms with Gasteiger partial charge in [-0.25, -0.2) is 0 Å². The van der Waals surface area contributed by atoms with Crippen molar-refractivity contribution in [3.05, 3.63) is 90.0 Å². The number of benzene rings is 3. The zero-order valence-corrected chi connectivity index (χ0v) is 24.4. The normalized spacial score (nSPS) is 17.8. The van der Waals surface area contributed by atoms with Crippen LogP contribution in [0.5, 0.6) is 0 Å². The SMILES string of the molecule is O=C1[C@H](CCc2ccccc2)N(Cc2ccc(-c3ccccc3-c3nn[nH]n3)cc2)C(=S)N1CCCN1CCOCC1. The molecule has 0 unspecified atom stereocenters. The van der Waals surface area contributed by atoms with Crippen LogP contribution in [0.4, 0.5) is 0 Å². The molecule has 1 N–H and O–H groups in total. The van der Waals surface area contributed by atoms with Crippen molar-refractivity contribution in [3.8, 4) is 22.5 Å². The number of thiocarbonyl (C=S) groups is 1. The number of hydrogen-bond acceptors (Lipinski definition) is 7. The summed E-state index contributed by atoms with van der Waals surface area (Å²) in [5.74, 6) is 0.675. The van der Waals surface area contributed by atoms with Crippen LogP contribution in [0.3, 0.4) is 0 Å². The van der Waals surface area contributed by atoms with Gasteiger partial charge in [0.05, 0.1) is 13.2 Å². The predicted molar refractivity (Wildman–Crippen MR) is 165 cm³/mol. The summed E-state index contributed by atoms with van der Waals surface area (Å²) < 4.78 is 5.47. The smallest absolute Gasteiger partial charge is 0.251 e. The van der Waals surface area contributed by atoms with Crippen LogP contribution in [0.25, 0.3) is 22.5 Å². The Balaban J connectivity index is 1.17. The van der Waals surface area contributed by atoms with Crippen molar-refractivity contribution in [2.24, 2.45) is 0 Å². The number of aryl methyl sites for hydroxylation is 1. The van der Waals surface area contributed by atoms with Gasteiger partial charge in [-0.2, -0.15) is 5.21 Å². The zero-order valence-electron chi connectivity index (χ0n) is 23.6. The van der Waals surface area contributed by atoms with Gasteiger partial charge in [-0.1, -0.05) is 78.9 Å². The number of ether oxygens (including phenoxy) is 1. The number of amides is 1. The lowest BCUT2D eigenvalue weighted by atomic mass is 9.98. The van der Waals surface area contributed by atoms with Crippen LogP contribution in [0.2, 0.25) is 0 Å². The number of tetrazole rings is 1. The van der Waals surface area contributed by atoms with E-state index in [4.69, 9.17) is 17.0 Å². The van der Waals surface area contributed by atoms with Crippen LogP contribution < -0.4 is 0 Å². The molecule has 216 valence electrons. The van der Waals surface area contributed by atoms with Crippen molar-refractivity contribution >= 4 is 23.2 Å². The van der Waals surface area contributed by atoms with Crippen LogP contribution >= 0.6 is 12.2 Å². The van der Waals surface area contributed by atoms with E-state index in [-0.39, 0.29) is 11.9 Å². The molecule has 1 amide bonds. The van der Waals surface area contributed by atoms with Gasteiger partial charge in [-0.15, -0.1) is 10.2 Å². The molecule has 1 aromatic heterocycles. The van der Waals surface area contributed by atoms with E-state index in [2.05, 4.69) is 72.9 Å². The fraction of sp³-hybridized carbons (Fsp3) is 0.344. The number of nitrogens with zero attached hydrogens (tertiary/aromatic N) is 6. The molecule has 2 fully saturated rings. The van der Waals surface area contributed by atoms with E-state index in [0.29, 0.717) is 24.0 Å². The number of aromatic amines is 1. The fourth-order valence-corrected chi connectivity index (χ4v) is 6.15. The van der Waals surface area contributed by atoms with E-state index < -0.39 is 0 Å². The first-order valence-corrected chi connectivity index (χ1v) is 15.0. The van der Waals surface area contributed by atoms with Crippen molar-refractivity contribution in [3.63, 3.8) is 0 Å². The van der Waals surface area contributed by atoms with Crippen molar-refractivity contribution < 1.29 is 9.53 Å². The first kappa shape index (κ1) is 28.1. The second-order valence-electron chi connectivity index (χ2n) is 10.7. The van der Waals surface area contributed by atoms with Gasteiger partial charge in [-0.3, -0.25) is 14.6 Å². The van der Waals surface area contributed by atoms with Crippen LogP contribution in [-0.2, 0) is 22.5 Å². The maximum absolute atomic E-state index is 13.8. The van der Waals surface area contributed by atoms with Crippen molar-refractivity contribution in [2.75, 3.05) is 39.4 Å². The highest BCUT2D eigenvalue weighted by molar-refractivity contribution is 7.80. The molecule has 0 saturated carbocycles. The number of aromatic nitrogens is 4. The van der Waals surface area contributed by atoms with Crippen LogP contribution in [0, 0.1) is 0 Å². The quantitative estimate of drug-likeness (QED) is 0.264. The Labute approximate surface area is 251 Å². The van der Waals surface area contributed by atoms with Gasteiger partial charge in [-0.05, 0) is 58.9 Å². The van der Waals surface area contributed by atoms with E-state index >= 15 is 0 Å². The second-order valence-corrected chi connectivity index (χ2v) is 11.1. The molecule has 2 aliphatic rings. The lowest BCUT2D eigenvalue weighted by molar-refractivity contribution is -0.128. The third-order valence-electron chi connectivity index (χ3n) is 8.04. The van der Waals surface area contributed by atoms with E-state index in [0.717, 1.165) is 74.4 Å². The zero-order chi connectivity index (χ0) is 28.7. The topological polar surface area (TPSA) is 90.5 Å². The van der Waals surface area contributed by atoms with Gasteiger partial charge in [0, 0.05) is 38.3 Å². The van der Waals surface area contributed by atoms with Gasteiger partial charge in [0.25, 0.3) is 5.91 Å². The number of carbonyl (C=O) groups excluding carboxylic acids is 1. The van der Waals surface area contributed by atoms with Crippen LogP contribution in [0.1, 0.15) is 24.0 Å². The number of H-pyrrole nitrogens is 1. The Kier molecular flexibility index (Phi) is 8.93. The minimum absolute atomic E-state index is 0.114. The summed E-state index contributed by atoms with van der Waals surface area (Å²) in [5, 5.41) is 15.2. The lowest BCUT2D eigenvalue weighted by Crippen LogP contribution is -2.39. The molecule has 3 heterocycles. The average molecular weight is 582 g/mol. The summed E-state index contributed by atoms with van der Waals surface area (Å²) in [6.45, 7) is 5.60. The number of hydrogen-bond donors (Lipinski definition) is 1. The Bertz CT molecular complexity index is 1470. The highest BCUT2D eigenvalue weighted by Crippen LogP contribution is 2.31. The summed E-state index contributed by atoms with van der Waals surface area (Å²) >= 11 is 5.96. The number of carbonyl (C=O) groups is 1. The Morgan fingerprint density at radius 1 is 0.881 bits per heavy atom. The molecule has 2 aliphatic heterocycles. The molecular weight excluding hydrogens is 546 g/mol. The van der Waals surface area contributed by atoms with Gasteiger partial charge >= 0.3 is 0 Å². The first-order chi connectivity index (χ1) is 20.7. The Hall–Kier alpha value is -3.99. The number of nitrogens with one attached hydrogen (secondary N) is 1. The van der Waals surface area contributed by atoms with Gasteiger partial charge < -0.3 is 9.64 Å². The molecular formula is C32H35N7O2S. The fourth-order valence-electron chi connectivity index (χ4n) is 5.78. The molecule has 0 bridgehead atoms. The molecule has 6 rings (SSSR count). The molecule has 9 nitrogen and oxygen atoms in total. The summed E-state index contributed by atoms with van der Waals surface area (Å²) in [4.78, 5) is 20.1. The maximum Gasteiger partial charge on any atom is 0.251 e. The molecule has 0 aliphatic carbocycles. The van der Waals surface area contributed by atoms with Crippen molar-refractivity contribution in [2.45, 2.75) is 31.8 Å². The molecule has 42 heavy (non-hydrogen) atoms. The third kappa shape index (κ3) is 6.41. The molecule has 0 radical (unpaired) electrons. The number of rotatable bonds is 11. The molecule has 4 aromatic rings. The first-order valence-electron chi connectivity index (χ1n) is 14.6. The lowest BCUT2D eigenvalue weighted by Gasteiger charge is -2.27. The summed E-state index contributed by atoms with van der Waals surface area (Å²) in [5.41, 5.74) is 5.34. The van der Waals surface area contributed by atoms with Crippen LogP contribution in [-0.4, -0.2) is 91.8 Å². The van der Waals surface area contributed by atoms with Crippen LogP contribution in [0.15, 0.2) is 78.9 Å². The summed E-state index contributed by atoms with van der Waals surface area (Å²) in [6, 6.07) is 26.5. The molecule has 1 atom stereocenters. The second kappa shape index (κ2) is 13.3. The Morgan fingerprint density at radius 3 is 2.36 bits per heavy atom. The Morgan fingerprint density at radius 2 is 1.62 bits per heavy atom. The van der Waals surface area contributed by atoms with E-state index in [1.54, 1.807) is 0 Å². The average Bonchev–Trinajstić information content (AvgIpc) is 3.65. The minimum atomic E-state index is -0.278. The number of morpholine rings is 1. The largest absolute Gasteiger partial charge is 0.379 e. The predicted octanol–water partition coefficient (Wildman–Crippen LogP) is 4.19. The van der Waals surface area contributed by atoms with Crippen molar-refractivity contribution in [1.82, 2.24) is 35.3 Å². The van der Waals surface area contributed by atoms with Gasteiger partial charge in [0.15, 0.2) is 5.11 Å². The molecule has 0 spiro atoms. The maximum atomic E-state index is 13.8. The molecule has 10 heteroatoms. The molecule has 2 saturated heterocycles. The molecule has 3 aromatic carbocycles. The monoisotopic (exact) mass is 581 g/mol. The summed E-state index contributed by atoms with van der Waals surface area (Å²) in [7, 11) is 0. The van der Waals surface area contributed by atoms with Crippen molar-refractivity contribution in [1.29, 1.82) is 0 Å².